The average Bonchev–Trinajstić information content (AvgIpc) is 2.34. The van der Waals surface area contributed by atoms with Crippen molar-refractivity contribution in [3.8, 4) is 0 Å². The highest BCUT2D eigenvalue weighted by molar-refractivity contribution is 5.87. The maximum absolute atomic E-state index is 11.6. The first-order valence-electron chi connectivity index (χ1n) is 5.74. The Balaban J connectivity index is 2.53. The summed E-state index contributed by atoms with van der Waals surface area (Å²) in [6.45, 7) is 6.09. The molecule has 90 valence electrons. The summed E-state index contributed by atoms with van der Waals surface area (Å²) >= 11 is 0. The summed E-state index contributed by atoms with van der Waals surface area (Å²) < 4.78 is 5.16. The number of ether oxygens (including phenoxy) is 1. The first-order valence-corrected chi connectivity index (χ1v) is 5.74. The first-order chi connectivity index (χ1) is 8.09. The van der Waals surface area contributed by atoms with Crippen molar-refractivity contribution in [1.82, 2.24) is 0 Å². The van der Waals surface area contributed by atoms with Crippen molar-refractivity contribution in [2.45, 2.75) is 27.4 Å². The molecule has 0 saturated carbocycles. The van der Waals surface area contributed by atoms with Crippen molar-refractivity contribution >= 4 is 5.97 Å². The van der Waals surface area contributed by atoms with E-state index < -0.39 is 0 Å². The predicted molar refractivity (Wildman–Crippen MR) is 68.3 cm³/mol. The van der Waals surface area contributed by atoms with E-state index in [2.05, 4.69) is 5.73 Å². The molecule has 0 aliphatic heterocycles. The predicted octanol–water partition coefficient (Wildman–Crippen LogP) is 3.49. The van der Waals surface area contributed by atoms with Gasteiger partial charge in [-0.05, 0) is 24.5 Å². The van der Waals surface area contributed by atoms with E-state index in [0.29, 0.717) is 18.1 Å². The Morgan fingerprint density at radius 1 is 1.35 bits per heavy atom. The van der Waals surface area contributed by atoms with Gasteiger partial charge in [0.05, 0.1) is 5.57 Å². The van der Waals surface area contributed by atoms with Crippen molar-refractivity contribution in [1.29, 1.82) is 0 Å². The Hall–Kier alpha value is -1.79. The van der Waals surface area contributed by atoms with Crippen LogP contribution < -0.4 is 0 Å². The van der Waals surface area contributed by atoms with E-state index in [1.165, 1.54) is 0 Å². The number of esters is 1. The largest absolute Gasteiger partial charge is 0.457 e. The Labute approximate surface area is 103 Å². The molecular formula is C15H18O2. The molecule has 1 aromatic carbocycles. The van der Waals surface area contributed by atoms with Gasteiger partial charge in [0.15, 0.2) is 0 Å². The molecule has 0 N–H and O–H groups in total. The normalized spacial score (nSPS) is 9.65. The minimum Gasteiger partial charge on any atom is -0.457 e. The fourth-order valence-electron chi connectivity index (χ4n) is 1.18. The van der Waals surface area contributed by atoms with Gasteiger partial charge >= 0.3 is 5.97 Å². The Kier molecular flexibility index (Phi) is 5.25. The van der Waals surface area contributed by atoms with Crippen LogP contribution in [0.1, 0.15) is 26.3 Å². The molecule has 0 radical (unpaired) electrons. The molecule has 17 heavy (non-hydrogen) atoms. The number of carbonyl (C=O) groups is 1. The van der Waals surface area contributed by atoms with Crippen LogP contribution in [0, 0.1) is 5.92 Å². The summed E-state index contributed by atoms with van der Waals surface area (Å²) in [5.74, 6) is 0.0672. The van der Waals surface area contributed by atoms with Crippen LogP contribution in [0.2, 0.25) is 0 Å². The second kappa shape index (κ2) is 6.72. The van der Waals surface area contributed by atoms with Crippen LogP contribution in [0.3, 0.4) is 0 Å². The quantitative estimate of drug-likeness (QED) is 0.449. The maximum atomic E-state index is 11.6. The molecule has 0 fully saturated rings. The minimum atomic E-state index is -0.314. The molecule has 0 bridgehead atoms. The second-order valence-corrected chi connectivity index (χ2v) is 4.24. The standard InChI is InChI=1S/C15H18O2/c1-12(2)9-10-13(3)15(16)17-11-14-7-5-4-6-8-14/h4-9,12H,11H2,1-3H3. The summed E-state index contributed by atoms with van der Waals surface area (Å²) in [6.07, 6.45) is 1.86. The van der Waals surface area contributed by atoms with Crippen LogP contribution in [0.25, 0.3) is 0 Å². The molecule has 0 saturated heterocycles. The number of hydrogen-bond donors (Lipinski definition) is 0. The van der Waals surface area contributed by atoms with Crippen LogP contribution in [-0.2, 0) is 16.1 Å². The maximum Gasteiger partial charge on any atom is 0.341 e. The Morgan fingerprint density at radius 2 is 2.00 bits per heavy atom. The van der Waals surface area contributed by atoms with Crippen molar-refractivity contribution < 1.29 is 9.53 Å². The smallest absolute Gasteiger partial charge is 0.341 e. The topological polar surface area (TPSA) is 26.3 Å². The van der Waals surface area contributed by atoms with Gasteiger partial charge in [-0.15, -0.1) is 5.73 Å². The average molecular weight is 230 g/mol. The fraction of sp³-hybridized carbons (Fsp3) is 0.333. The third kappa shape index (κ3) is 5.19. The van der Waals surface area contributed by atoms with Crippen LogP contribution in [0.5, 0.6) is 0 Å². The van der Waals surface area contributed by atoms with E-state index in [0.717, 1.165) is 5.56 Å². The summed E-state index contributed by atoms with van der Waals surface area (Å²) in [6, 6.07) is 9.63. The molecule has 0 aliphatic carbocycles. The van der Waals surface area contributed by atoms with E-state index in [9.17, 15) is 4.79 Å². The van der Waals surface area contributed by atoms with Gasteiger partial charge in [-0.25, -0.2) is 4.79 Å². The molecule has 0 heterocycles. The zero-order valence-electron chi connectivity index (χ0n) is 10.6. The van der Waals surface area contributed by atoms with Gasteiger partial charge in [0.25, 0.3) is 0 Å². The zero-order chi connectivity index (χ0) is 12.7. The minimum absolute atomic E-state index is 0.306. The van der Waals surface area contributed by atoms with Gasteiger partial charge in [-0.1, -0.05) is 44.2 Å². The van der Waals surface area contributed by atoms with Crippen LogP contribution >= 0.6 is 0 Å². The molecule has 1 aromatic rings. The lowest BCUT2D eigenvalue weighted by molar-refractivity contribution is -0.140. The van der Waals surface area contributed by atoms with E-state index in [1.807, 2.05) is 50.3 Å². The third-order valence-corrected chi connectivity index (χ3v) is 2.15. The molecule has 2 heteroatoms. The molecule has 0 amide bonds. The molecule has 0 aromatic heterocycles. The number of carbonyl (C=O) groups excluding carboxylic acids is 1. The fourth-order valence-corrected chi connectivity index (χ4v) is 1.18. The lowest BCUT2D eigenvalue weighted by Crippen LogP contribution is -2.05. The molecule has 0 unspecified atom stereocenters. The number of benzene rings is 1. The highest BCUT2D eigenvalue weighted by Crippen LogP contribution is 2.04. The molecule has 0 atom stereocenters. The third-order valence-electron chi connectivity index (χ3n) is 2.15. The molecule has 2 nitrogen and oxygen atoms in total. The molecule has 0 aliphatic rings. The lowest BCUT2D eigenvalue weighted by atomic mass is 10.2. The summed E-state index contributed by atoms with van der Waals surface area (Å²) in [4.78, 5) is 11.6. The Bertz CT molecular complexity index is 423. The van der Waals surface area contributed by atoms with Crippen LogP contribution in [-0.4, -0.2) is 5.97 Å². The first kappa shape index (κ1) is 13.3. The summed E-state index contributed by atoms with van der Waals surface area (Å²) in [7, 11) is 0. The van der Waals surface area contributed by atoms with Crippen LogP contribution in [0.4, 0.5) is 0 Å². The van der Waals surface area contributed by atoms with Gasteiger partial charge in [0, 0.05) is 0 Å². The van der Waals surface area contributed by atoms with Gasteiger partial charge in [0.1, 0.15) is 6.61 Å². The van der Waals surface area contributed by atoms with Gasteiger partial charge < -0.3 is 4.74 Å². The van der Waals surface area contributed by atoms with Gasteiger partial charge in [0.2, 0.25) is 0 Å². The van der Waals surface area contributed by atoms with E-state index in [4.69, 9.17) is 4.74 Å². The molecule has 1 rings (SSSR count). The van der Waals surface area contributed by atoms with Crippen molar-refractivity contribution in [3.63, 3.8) is 0 Å². The van der Waals surface area contributed by atoms with E-state index in [-0.39, 0.29) is 5.97 Å². The Morgan fingerprint density at radius 3 is 2.59 bits per heavy atom. The SMILES string of the molecule is CC(=C=CC(C)C)C(=O)OCc1ccccc1. The van der Waals surface area contributed by atoms with E-state index in [1.54, 1.807) is 6.92 Å². The highest BCUT2D eigenvalue weighted by atomic mass is 16.5. The van der Waals surface area contributed by atoms with Crippen molar-refractivity contribution in [2.75, 3.05) is 0 Å². The second-order valence-electron chi connectivity index (χ2n) is 4.24. The summed E-state index contributed by atoms with van der Waals surface area (Å²) in [5, 5.41) is 0. The zero-order valence-corrected chi connectivity index (χ0v) is 10.6. The summed E-state index contributed by atoms with van der Waals surface area (Å²) in [5.41, 5.74) is 4.43. The van der Waals surface area contributed by atoms with Gasteiger partial charge in [-0.2, -0.15) is 0 Å². The highest BCUT2D eigenvalue weighted by Gasteiger charge is 2.04. The van der Waals surface area contributed by atoms with Crippen molar-refractivity contribution in [3.05, 3.63) is 53.3 Å². The molecular weight excluding hydrogens is 212 g/mol. The number of rotatable bonds is 4. The van der Waals surface area contributed by atoms with Crippen molar-refractivity contribution in [2.24, 2.45) is 5.92 Å². The lowest BCUT2D eigenvalue weighted by Gasteiger charge is -2.03. The monoisotopic (exact) mass is 230 g/mol. The van der Waals surface area contributed by atoms with Gasteiger partial charge in [-0.3, -0.25) is 0 Å². The molecule has 0 spiro atoms. The van der Waals surface area contributed by atoms with Crippen LogP contribution in [0.15, 0.2) is 47.7 Å². The van der Waals surface area contributed by atoms with E-state index >= 15 is 0 Å². The number of hydrogen-bond acceptors (Lipinski definition) is 2.